The quantitative estimate of drug-likeness (QED) is 0.507. The largest absolute Gasteiger partial charge is 0.480 e. The van der Waals surface area contributed by atoms with Gasteiger partial charge in [-0.3, -0.25) is 4.90 Å². The molecule has 0 aliphatic carbocycles. The Hall–Kier alpha value is -0.795. The van der Waals surface area contributed by atoms with Gasteiger partial charge in [0.05, 0.1) is 11.2 Å². The van der Waals surface area contributed by atoms with Crippen LogP contribution in [-0.4, -0.2) is 62.9 Å². The second-order valence-electron chi connectivity index (χ2n) is 7.89. The molecule has 3 atom stereocenters. The third-order valence-corrected chi connectivity index (χ3v) is 6.43. The summed E-state index contributed by atoms with van der Waals surface area (Å²) in [5.41, 5.74) is -0.758. The van der Waals surface area contributed by atoms with Gasteiger partial charge in [-0.05, 0) is 52.8 Å². The predicted molar refractivity (Wildman–Crippen MR) is 97.1 cm³/mol. The first-order valence-electron chi connectivity index (χ1n) is 8.66. The van der Waals surface area contributed by atoms with Crippen LogP contribution in [0.25, 0.3) is 0 Å². The molecule has 142 valence electrons. The summed E-state index contributed by atoms with van der Waals surface area (Å²) in [4.78, 5) is 24.1. The normalized spacial score (nSPS) is 30.7. The van der Waals surface area contributed by atoms with Crippen LogP contribution in [0.3, 0.4) is 0 Å². The maximum Gasteiger partial charge on any atom is 0.457 e. The first-order chi connectivity index (χ1) is 11.5. The molecule has 2 aliphatic rings. The lowest BCUT2D eigenvalue weighted by Gasteiger charge is -2.32. The molecule has 0 aromatic rings. The van der Waals surface area contributed by atoms with Gasteiger partial charge in [0, 0.05) is 11.4 Å². The first kappa shape index (κ1) is 20.5. The van der Waals surface area contributed by atoms with E-state index in [1.165, 1.54) is 0 Å². The number of carboxylic acid groups (broad SMARTS) is 2. The molecule has 1 unspecified atom stereocenters. The molecular weight excluding hydrogens is 393 g/mol. The molecule has 1 amide bonds. The van der Waals surface area contributed by atoms with E-state index in [1.54, 1.807) is 0 Å². The van der Waals surface area contributed by atoms with E-state index in [0.717, 1.165) is 11.3 Å². The third kappa shape index (κ3) is 4.14. The molecule has 2 aliphatic heterocycles. The Balaban J connectivity index is 1.94. The van der Waals surface area contributed by atoms with Gasteiger partial charge in [0.2, 0.25) is 0 Å². The van der Waals surface area contributed by atoms with Gasteiger partial charge in [-0.15, -0.1) is 0 Å². The molecule has 0 aromatic carbocycles. The smallest absolute Gasteiger partial charge is 0.457 e. The fourth-order valence-corrected chi connectivity index (χ4v) is 4.26. The molecule has 2 heterocycles. The molecular formula is C16H27BBrNO6. The van der Waals surface area contributed by atoms with Gasteiger partial charge in [-0.25, -0.2) is 9.59 Å². The van der Waals surface area contributed by atoms with E-state index in [1.807, 2.05) is 27.7 Å². The summed E-state index contributed by atoms with van der Waals surface area (Å²) < 4.78 is 11.9. The molecule has 9 heteroatoms. The number of aliphatic carboxylic acids is 1. The Morgan fingerprint density at radius 3 is 2.20 bits per heavy atom. The summed E-state index contributed by atoms with van der Waals surface area (Å²) in [5.74, 6) is -1.27. The highest BCUT2D eigenvalue weighted by Crippen LogP contribution is 2.39. The lowest BCUT2D eigenvalue weighted by Crippen LogP contribution is -2.46. The van der Waals surface area contributed by atoms with Gasteiger partial charge in [-0.1, -0.05) is 22.4 Å². The van der Waals surface area contributed by atoms with Gasteiger partial charge < -0.3 is 19.5 Å². The van der Waals surface area contributed by atoms with E-state index in [4.69, 9.17) is 9.31 Å². The SMILES string of the molecule is CC1(C)OB(CCC[C@@H]2CC(CBr)N(C(=O)O)[C@@H]2C(=O)O)OC1(C)C. The van der Waals surface area contributed by atoms with E-state index in [2.05, 4.69) is 15.9 Å². The van der Waals surface area contributed by atoms with Crippen molar-refractivity contribution in [3.05, 3.63) is 0 Å². The topological polar surface area (TPSA) is 96.3 Å². The number of hydrogen-bond donors (Lipinski definition) is 2. The summed E-state index contributed by atoms with van der Waals surface area (Å²) in [7, 11) is -0.308. The van der Waals surface area contributed by atoms with Crippen LogP contribution in [0.1, 0.15) is 47.0 Å². The molecule has 0 radical (unpaired) electrons. The Bertz CT molecular complexity index is 513. The number of carbonyl (C=O) groups is 2. The molecule has 0 aromatic heterocycles. The van der Waals surface area contributed by atoms with Crippen LogP contribution < -0.4 is 0 Å². The monoisotopic (exact) mass is 419 g/mol. The number of carboxylic acids is 1. The second-order valence-corrected chi connectivity index (χ2v) is 8.54. The number of halogens is 1. The molecule has 0 spiro atoms. The highest BCUT2D eigenvalue weighted by atomic mass is 79.9. The van der Waals surface area contributed by atoms with E-state index >= 15 is 0 Å². The van der Waals surface area contributed by atoms with Crippen molar-refractivity contribution in [1.29, 1.82) is 0 Å². The fourth-order valence-electron chi connectivity index (χ4n) is 3.68. The Morgan fingerprint density at radius 2 is 1.76 bits per heavy atom. The van der Waals surface area contributed by atoms with Crippen molar-refractivity contribution in [2.24, 2.45) is 5.92 Å². The third-order valence-electron chi connectivity index (χ3n) is 5.68. The summed E-state index contributed by atoms with van der Waals surface area (Å²) in [6, 6.07) is -1.29. The van der Waals surface area contributed by atoms with Crippen LogP contribution in [-0.2, 0) is 14.1 Å². The Morgan fingerprint density at radius 1 is 1.20 bits per heavy atom. The molecule has 2 fully saturated rings. The van der Waals surface area contributed by atoms with Crippen LogP contribution in [0.4, 0.5) is 4.79 Å². The highest BCUT2D eigenvalue weighted by molar-refractivity contribution is 9.09. The fraction of sp³-hybridized carbons (Fsp3) is 0.875. The maximum absolute atomic E-state index is 11.6. The number of amides is 1. The van der Waals surface area contributed by atoms with Crippen molar-refractivity contribution >= 4 is 35.1 Å². The predicted octanol–water partition coefficient (Wildman–Crippen LogP) is 3.08. The standard InChI is InChI=1S/C16H27BBrNO6/c1-15(2)16(3,4)25-17(24-15)7-5-6-10-8-11(9-18)19(14(22)23)12(10)13(20)21/h10-12H,5-9H2,1-4H3,(H,20,21)(H,22,23)/t10-,11?,12+/m1/s1. The summed E-state index contributed by atoms with van der Waals surface area (Å²) in [6.07, 6.45) is 1.41. The van der Waals surface area contributed by atoms with Gasteiger partial charge in [0.25, 0.3) is 0 Å². The molecule has 2 rings (SSSR count). The number of nitrogens with zero attached hydrogens (tertiary/aromatic N) is 1. The van der Waals surface area contributed by atoms with Gasteiger partial charge >= 0.3 is 19.2 Å². The first-order valence-corrected chi connectivity index (χ1v) is 9.78. The summed E-state index contributed by atoms with van der Waals surface area (Å²) >= 11 is 3.30. The number of rotatable bonds is 6. The number of likely N-dealkylation sites (tertiary alicyclic amines) is 1. The average molecular weight is 420 g/mol. The van der Waals surface area contributed by atoms with E-state index < -0.39 is 18.1 Å². The van der Waals surface area contributed by atoms with Gasteiger partial charge in [-0.2, -0.15) is 0 Å². The summed E-state index contributed by atoms with van der Waals surface area (Å²) in [5, 5.41) is 19.3. The molecule has 2 N–H and O–H groups in total. The zero-order chi connectivity index (χ0) is 19.0. The van der Waals surface area contributed by atoms with Crippen LogP contribution in [0, 0.1) is 5.92 Å². The minimum atomic E-state index is -1.18. The average Bonchev–Trinajstić information content (AvgIpc) is 2.93. The molecule has 0 bridgehead atoms. The Kier molecular flexibility index (Phi) is 6.11. The minimum Gasteiger partial charge on any atom is -0.480 e. The van der Waals surface area contributed by atoms with Crippen molar-refractivity contribution in [3.8, 4) is 0 Å². The van der Waals surface area contributed by atoms with Crippen LogP contribution in [0.5, 0.6) is 0 Å². The number of hydrogen-bond acceptors (Lipinski definition) is 4. The lowest BCUT2D eigenvalue weighted by atomic mass is 9.80. The Labute approximate surface area is 157 Å². The zero-order valence-electron chi connectivity index (χ0n) is 15.2. The van der Waals surface area contributed by atoms with E-state index in [9.17, 15) is 19.8 Å². The maximum atomic E-state index is 11.6. The molecule has 25 heavy (non-hydrogen) atoms. The van der Waals surface area contributed by atoms with Crippen LogP contribution in [0.15, 0.2) is 0 Å². The summed E-state index contributed by atoms with van der Waals surface area (Å²) in [6.45, 7) is 7.98. The van der Waals surface area contributed by atoms with Crippen LogP contribution >= 0.6 is 15.9 Å². The zero-order valence-corrected chi connectivity index (χ0v) is 16.8. The lowest BCUT2D eigenvalue weighted by molar-refractivity contribution is -0.143. The van der Waals surface area contributed by atoms with Crippen LogP contribution in [0.2, 0.25) is 6.32 Å². The van der Waals surface area contributed by atoms with Crippen molar-refractivity contribution in [2.45, 2.75) is 76.6 Å². The van der Waals surface area contributed by atoms with Gasteiger partial charge in [0.1, 0.15) is 6.04 Å². The minimum absolute atomic E-state index is 0.196. The van der Waals surface area contributed by atoms with Crippen molar-refractivity contribution in [1.82, 2.24) is 4.90 Å². The molecule has 0 saturated carbocycles. The van der Waals surface area contributed by atoms with E-state index in [0.29, 0.717) is 24.5 Å². The van der Waals surface area contributed by atoms with Crippen molar-refractivity contribution in [2.75, 3.05) is 5.33 Å². The van der Waals surface area contributed by atoms with Gasteiger partial charge in [0.15, 0.2) is 0 Å². The highest BCUT2D eigenvalue weighted by Gasteiger charge is 2.51. The number of alkyl halides is 1. The van der Waals surface area contributed by atoms with E-state index in [-0.39, 0.29) is 30.3 Å². The van der Waals surface area contributed by atoms with Crippen molar-refractivity contribution < 1.29 is 29.1 Å². The van der Waals surface area contributed by atoms with Crippen molar-refractivity contribution in [3.63, 3.8) is 0 Å². The molecule has 7 nitrogen and oxygen atoms in total. The second kappa shape index (κ2) is 7.44. The molecule has 2 saturated heterocycles.